The van der Waals surface area contributed by atoms with Crippen molar-refractivity contribution in [2.24, 2.45) is 0 Å². The first-order valence-corrected chi connectivity index (χ1v) is 7.86. The number of benzene rings is 1. The summed E-state index contributed by atoms with van der Waals surface area (Å²) in [4.78, 5) is 7.82. The molecule has 0 amide bonds. The van der Waals surface area contributed by atoms with Crippen LogP contribution in [-0.2, 0) is 5.38 Å². The van der Waals surface area contributed by atoms with Gasteiger partial charge in [0.1, 0.15) is 0 Å². The van der Waals surface area contributed by atoms with Crippen LogP contribution < -0.4 is 0 Å². The van der Waals surface area contributed by atoms with Crippen molar-refractivity contribution in [1.82, 2.24) is 15.1 Å². The molecule has 114 valence electrons. The summed E-state index contributed by atoms with van der Waals surface area (Å²) in [7, 11) is 0. The highest BCUT2D eigenvalue weighted by Crippen LogP contribution is 2.33. The number of aromatic nitrogens is 3. The SMILES string of the molecule is FC(F)(Cl)c1nc(-c2cccc(C(S)c3cscn3)c2)no1. The number of hydrogen-bond donors (Lipinski definition) is 1. The van der Waals surface area contributed by atoms with Gasteiger partial charge < -0.3 is 4.52 Å². The second-order valence-corrected chi connectivity index (χ2v) is 6.07. The third-order valence-electron chi connectivity index (χ3n) is 2.86. The fourth-order valence-corrected chi connectivity index (χ4v) is 2.89. The van der Waals surface area contributed by atoms with Gasteiger partial charge in [-0.15, -0.1) is 11.3 Å². The summed E-state index contributed by atoms with van der Waals surface area (Å²) in [6.45, 7) is 0. The van der Waals surface area contributed by atoms with Crippen LogP contribution in [0, 0.1) is 0 Å². The normalized spacial score (nSPS) is 13.3. The van der Waals surface area contributed by atoms with Crippen LogP contribution in [0.4, 0.5) is 8.78 Å². The smallest absolute Gasteiger partial charge is 0.331 e. The summed E-state index contributed by atoms with van der Waals surface area (Å²) >= 11 is 10.9. The number of nitrogens with zero attached hydrogens (tertiary/aromatic N) is 3. The van der Waals surface area contributed by atoms with E-state index in [-0.39, 0.29) is 11.1 Å². The van der Waals surface area contributed by atoms with Gasteiger partial charge >= 0.3 is 11.3 Å². The van der Waals surface area contributed by atoms with Gasteiger partial charge in [-0.1, -0.05) is 23.4 Å². The zero-order valence-electron chi connectivity index (χ0n) is 10.8. The summed E-state index contributed by atoms with van der Waals surface area (Å²) in [5.74, 6) is -0.896. The summed E-state index contributed by atoms with van der Waals surface area (Å²) < 4.78 is 30.3. The summed E-state index contributed by atoms with van der Waals surface area (Å²) in [5, 5.41) is 1.51. The Labute approximate surface area is 138 Å². The maximum atomic E-state index is 12.9. The number of thiazole rings is 1. The van der Waals surface area contributed by atoms with Gasteiger partial charge in [-0.25, -0.2) is 4.98 Å². The van der Waals surface area contributed by atoms with Gasteiger partial charge in [0.2, 0.25) is 5.82 Å². The van der Waals surface area contributed by atoms with Crippen LogP contribution in [0.1, 0.15) is 22.4 Å². The first-order valence-electron chi connectivity index (χ1n) is 6.02. The number of thiol groups is 1. The predicted molar refractivity (Wildman–Crippen MR) is 82.4 cm³/mol. The zero-order chi connectivity index (χ0) is 15.7. The van der Waals surface area contributed by atoms with E-state index in [0.717, 1.165) is 11.3 Å². The van der Waals surface area contributed by atoms with E-state index in [1.54, 1.807) is 23.7 Å². The molecule has 2 aromatic heterocycles. The lowest BCUT2D eigenvalue weighted by Gasteiger charge is -2.09. The maximum absolute atomic E-state index is 12.9. The van der Waals surface area contributed by atoms with Crippen molar-refractivity contribution in [3.05, 3.63) is 52.3 Å². The molecule has 1 unspecified atom stereocenters. The highest BCUT2D eigenvalue weighted by atomic mass is 35.5. The Morgan fingerprint density at radius 2 is 2.18 bits per heavy atom. The van der Waals surface area contributed by atoms with E-state index in [4.69, 9.17) is 11.6 Å². The lowest BCUT2D eigenvalue weighted by atomic mass is 10.1. The number of rotatable bonds is 4. The van der Waals surface area contributed by atoms with Gasteiger partial charge in [-0.05, 0) is 23.2 Å². The van der Waals surface area contributed by atoms with Gasteiger partial charge in [0.25, 0.3) is 0 Å². The molecule has 9 heteroatoms. The molecule has 0 saturated carbocycles. The van der Waals surface area contributed by atoms with Crippen LogP contribution in [0.3, 0.4) is 0 Å². The van der Waals surface area contributed by atoms with Crippen LogP contribution in [-0.4, -0.2) is 15.1 Å². The molecule has 3 rings (SSSR count). The second-order valence-electron chi connectivity index (χ2n) is 4.36. The van der Waals surface area contributed by atoms with Crippen LogP contribution in [0.25, 0.3) is 11.4 Å². The molecule has 1 atom stereocenters. The molecule has 0 aliphatic carbocycles. The van der Waals surface area contributed by atoms with Crippen molar-refractivity contribution in [2.75, 3.05) is 0 Å². The molecule has 2 heterocycles. The van der Waals surface area contributed by atoms with Crippen molar-refractivity contribution >= 4 is 35.6 Å². The van der Waals surface area contributed by atoms with Crippen molar-refractivity contribution in [1.29, 1.82) is 0 Å². The highest BCUT2D eigenvalue weighted by molar-refractivity contribution is 7.80. The van der Waals surface area contributed by atoms with Crippen LogP contribution >= 0.6 is 35.6 Å². The quantitative estimate of drug-likeness (QED) is 0.550. The van der Waals surface area contributed by atoms with Gasteiger partial charge in [0.15, 0.2) is 0 Å². The Morgan fingerprint density at radius 1 is 1.36 bits per heavy atom. The van der Waals surface area contributed by atoms with E-state index in [9.17, 15) is 8.78 Å². The molecule has 0 aliphatic rings. The van der Waals surface area contributed by atoms with Crippen LogP contribution in [0.15, 0.2) is 39.7 Å². The Balaban J connectivity index is 1.93. The van der Waals surface area contributed by atoms with E-state index in [0.29, 0.717) is 5.56 Å². The molecule has 0 spiro atoms. The molecule has 0 N–H and O–H groups in total. The van der Waals surface area contributed by atoms with Crippen molar-refractivity contribution < 1.29 is 13.3 Å². The number of hydrogen-bond acceptors (Lipinski definition) is 6. The molecule has 3 aromatic rings. The second kappa shape index (κ2) is 5.94. The Hall–Kier alpha value is -1.51. The summed E-state index contributed by atoms with van der Waals surface area (Å²) in [5.41, 5.74) is 3.90. The monoisotopic (exact) mass is 359 g/mol. The molecule has 0 saturated heterocycles. The minimum Gasteiger partial charge on any atom is -0.331 e. The van der Waals surface area contributed by atoms with Crippen molar-refractivity contribution in [3.63, 3.8) is 0 Å². The minimum atomic E-state index is -3.68. The lowest BCUT2D eigenvalue weighted by molar-refractivity contribution is 0.0551. The average molecular weight is 360 g/mol. The van der Waals surface area contributed by atoms with E-state index in [2.05, 4.69) is 32.3 Å². The molecule has 0 radical (unpaired) electrons. The van der Waals surface area contributed by atoms with Crippen LogP contribution in [0.2, 0.25) is 0 Å². The summed E-state index contributed by atoms with van der Waals surface area (Å²) in [6, 6.07) is 7.05. The fourth-order valence-electron chi connectivity index (χ4n) is 1.83. The molecule has 0 bridgehead atoms. The van der Waals surface area contributed by atoms with Crippen molar-refractivity contribution in [3.8, 4) is 11.4 Å². The zero-order valence-corrected chi connectivity index (χ0v) is 13.2. The number of alkyl halides is 3. The Morgan fingerprint density at radius 3 is 2.82 bits per heavy atom. The molecule has 4 nitrogen and oxygen atoms in total. The molecule has 22 heavy (non-hydrogen) atoms. The van der Waals surface area contributed by atoms with E-state index >= 15 is 0 Å². The first kappa shape index (κ1) is 15.4. The highest BCUT2D eigenvalue weighted by Gasteiger charge is 2.35. The first-order chi connectivity index (χ1) is 10.4. The molecule has 0 aliphatic heterocycles. The molecular weight excluding hydrogens is 352 g/mol. The topological polar surface area (TPSA) is 51.8 Å². The summed E-state index contributed by atoms with van der Waals surface area (Å²) in [6.07, 6.45) is 0. The Bertz CT molecular complexity index is 774. The van der Waals surface area contributed by atoms with E-state index < -0.39 is 11.3 Å². The average Bonchev–Trinajstić information content (AvgIpc) is 3.17. The Kier molecular flexibility index (Phi) is 4.16. The van der Waals surface area contributed by atoms with E-state index in [1.165, 1.54) is 11.3 Å². The van der Waals surface area contributed by atoms with Crippen molar-refractivity contribution in [2.45, 2.75) is 10.6 Å². The van der Waals surface area contributed by atoms with Crippen LogP contribution in [0.5, 0.6) is 0 Å². The predicted octanol–water partition coefficient (Wildman–Crippen LogP) is 4.50. The molecule has 1 aromatic carbocycles. The molecule has 0 fully saturated rings. The fraction of sp³-hybridized carbons (Fsp3) is 0.154. The van der Waals surface area contributed by atoms with Gasteiger partial charge in [-0.2, -0.15) is 26.4 Å². The van der Waals surface area contributed by atoms with Gasteiger partial charge in [0.05, 0.1) is 16.5 Å². The number of halogens is 3. The third kappa shape index (κ3) is 3.13. The van der Waals surface area contributed by atoms with E-state index in [1.807, 2.05) is 11.4 Å². The van der Waals surface area contributed by atoms with Gasteiger partial charge in [0, 0.05) is 10.9 Å². The van der Waals surface area contributed by atoms with Gasteiger partial charge in [-0.3, -0.25) is 0 Å². The minimum absolute atomic E-state index is 0.0380. The maximum Gasteiger partial charge on any atom is 0.400 e. The largest absolute Gasteiger partial charge is 0.400 e. The lowest BCUT2D eigenvalue weighted by Crippen LogP contribution is -2.03. The third-order valence-corrected chi connectivity index (χ3v) is 4.19. The molecular formula is C13H8ClF2N3OS2. The standard InChI is InChI=1S/C13H8ClF2N3OS2/c14-13(15,16)12-18-11(19-20-12)8-3-1-2-7(4-8)10(21)9-5-22-6-17-9/h1-6,10,21H.